The van der Waals surface area contributed by atoms with E-state index < -0.39 is 11.8 Å². The predicted octanol–water partition coefficient (Wildman–Crippen LogP) is 1.79. The van der Waals surface area contributed by atoms with E-state index in [1.807, 2.05) is 0 Å². The summed E-state index contributed by atoms with van der Waals surface area (Å²) in [7, 11) is 4.50. The Morgan fingerprint density at radius 3 is 1.92 bits per heavy atom. The maximum atomic E-state index is 12.2. The molecule has 0 saturated heterocycles. The topological polar surface area (TPSA) is 85.9 Å². The Morgan fingerprint density at radius 2 is 1.33 bits per heavy atom. The van der Waals surface area contributed by atoms with E-state index in [0.29, 0.717) is 22.8 Å². The van der Waals surface area contributed by atoms with E-state index in [9.17, 15) is 9.59 Å². The molecule has 0 fully saturated rings. The van der Waals surface area contributed by atoms with Gasteiger partial charge >= 0.3 is 0 Å². The van der Waals surface area contributed by atoms with Crippen LogP contribution in [0.4, 0.5) is 0 Å². The highest BCUT2D eigenvalue weighted by Gasteiger charge is 2.14. The van der Waals surface area contributed by atoms with Gasteiger partial charge in [-0.2, -0.15) is 0 Å². The normalized spacial score (nSPS) is 9.79. The predicted molar refractivity (Wildman–Crippen MR) is 87.5 cm³/mol. The molecule has 7 nitrogen and oxygen atoms in total. The third-order valence-electron chi connectivity index (χ3n) is 3.30. The second-order valence-corrected chi connectivity index (χ2v) is 4.70. The molecule has 0 heterocycles. The first kappa shape index (κ1) is 17.1. The van der Waals surface area contributed by atoms with Crippen molar-refractivity contribution in [1.82, 2.24) is 10.9 Å². The van der Waals surface area contributed by atoms with Crippen LogP contribution in [0.25, 0.3) is 0 Å². The summed E-state index contributed by atoms with van der Waals surface area (Å²) in [5.41, 5.74) is 5.35. The molecule has 126 valence electrons. The smallest absolute Gasteiger partial charge is 0.273 e. The van der Waals surface area contributed by atoms with Crippen molar-refractivity contribution in [3.05, 3.63) is 53.6 Å². The molecule has 0 aliphatic heterocycles. The number of nitrogens with one attached hydrogen (secondary N) is 2. The average Bonchev–Trinajstić information content (AvgIpc) is 2.65. The molecule has 0 aromatic heterocycles. The summed E-state index contributed by atoms with van der Waals surface area (Å²) in [6.07, 6.45) is 0. The Bertz CT molecular complexity index is 728. The molecule has 0 aliphatic rings. The summed E-state index contributed by atoms with van der Waals surface area (Å²) in [6, 6.07) is 11.3. The molecule has 7 heteroatoms. The van der Waals surface area contributed by atoms with Gasteiger partial charge in [0.1, 0.15) is 17.2 Å². The van der Waals surface area contributed by atoms with E-state index in [1.54, 1.807) is 42.5 Å². The van der Waals surface area contributed by atoms with Crippen LogP contribution in [0.15, 0.2) is 42.5 Å². The van der Waals surface area contributed by atoms with Crippen molar-refractivity contribution in [2.24, 2.45) is 0 Å². The molecule has 2 N–H and O–H groups in total. The van der Waals surface area contributed by atoms with Gasteiger partial charge in [-0.3, -0.25) is 20.4 Å². The van der Waals surface area contributed by atoms with Crippen LogP contribution in [0.1, 0.15) is 20.7 Å². The minimum absolute atomic E-state index is 0.272. The zero-order valence-corrected chi connectivity index (χ0v) is 13.6. The van der Waals surface area contributed by atoms with Crippen LogP contribution in [-0.4, -0.2) is 33.1 Å². The number of benzene rings is 2. The summed E-state index contributed by atoms with van der Waals surface area (Å²) in [5, 5.41) is 0. The SMILES string of the molecule is COc1ccc(C(=O)NNC(=O)c2ccc(OC)cc2OC)cc1. The van der Waals surface area contributed by atoms with E-state index in [0.717, 1.165) is 0 Å². The summed E-state index contributed by atoms with van der Waals surface area (Å²) < 4.78 is 15.3. The lowest BCUT2D eigenvalue weighted by Crippen LogP contribution is -2.41. The van der Waals surface area contributed by atoms with E-state index in [1.165, 1.54) is 21.3 Å². The molecule has 2 aromatic carbocycles. The number of methoxy groups -OCH3 is 3. The van der Waals surface area contributed by atoms with Gasteiger partial charge in [-0.1, -0.05) is 0 Å². The number of ether oxygens (including phenoxy) is 3. The lowest BCUT2D eigenvalue weighted by atomic mass is 10.2. The van der Waals surface area contributed by atoms with Crippen LogP contribution in [0, 0.1) is 0 Å². The van der Waals surface area contributed by atoms with Crippen molar-refractivity contribution in [3.8, 4) is 17.2 Å². The Balaban J connectivity index is 2.03. The lowest BCUT2D eigenvalue weighted by molar-refractivity contribution is 0.0845. The van der Waals surface area contributed by atoms with Crippen LogP contribution in [0.2, 0.25) is 0 Å². The molecule has 0 saturated carbocycles. The first-order valence-corrected chi connectivity index (χ1v) is 7.05. The molecule has 0 spiro atoms. The average molecular weight is 330 g/mol. The lowest BCUT2D eigenvalue weighted by Gasteiger charge is -2.11. The fraction of sp³-hybridized carbons (Fsp3) is 0.176. The molecule has 2 rings (SSSR count). The molecule has 0 bridgehead atoms. The Labute approximate surface area is 139 Å². The van der Waals surface area contributed by atoms with E-state index in [2.05, 4.69) is 10.9 Å². The minimum atomic E-state index is -0.503. The number of amides is 2. The van der Waals surface area contributed by atoms with Gasteiger partial charge < -0.3 is 14.2 Å². The minimum Gasteiger partial charge on any atom is -0.497 e. The third kappa shape index (κ3) is 3.95. The monoisotopic (exact) mass is 330 g/mol. The summed E-state index contributed by atoms with van der Waals surface area (Å²) in [6.45, 7) is 0. The second kappa shape index (κ2) is 7.87. The zero-order chi connectivity index (χ0) is 17.5. The highest BCUT2D eigenvalue weighted by atomic mass is 16.5. The molecule has 2 amide bonds. The Hall–Kier alpha value is -3.22. The number of hydrogen-bond donors (Lipinski definition) is 2. The summed E-state index contributed by atoms with van der Waals surface area (Å²) in [5.74, 6) is 0.588. The van der Waals surface area contributed by atoms with Crippen LogP contribution in [0.3, 0.4) is 0 Å². The highest BCUT2D eigenvalue weighted by molar-refractivity contribution is 6.00. The second-order valence-electron chi connectivity index (χ2n) is 4.70. The number of carbonyl (C=O) groups excluding carboxylic acids is 2. The fourth-order valence-electron chi connectivity index (χ4n) is 1.98. The largest absolute Gasteiger partial charge is 0.497 e. The van der Waals surface area contributed by atoms with Gasteiger partial charge in [0.15, 0.2) is 0 Å². The quantitative estimate of drug-likeness (QED) is 0.816. The highest BCUT2D eigenvalue weighted by Crippen LogP contribution is 2.24. The molecule has 0 unspecified atom stereocenters. The van der Waals surface area contributed by atoms with Gasteiger partial charge in [0.05, 0.1) is 26.9 Å². The van der Waals surface area contributed by atoms with E-state index >= 15 is 0 Å². The number of rotatable bonds is 5. The first-order valence-electron chi connectivity index (χ1n) is 7.05. The standard InChI is InChI=1S/C17H18N2O5/c1-22-12-6-4-11(5-7-12)16(20)18-19-17(21)14-9-8-13(23-2)10-15(14)24-3/h4-10H,1-3H3,(H,18,20)(H,19,21). The van der Waals surface area contributed by atoms with Gasteiger partial charge in [-0.15, -0.1) is 0 Å². The molecule has 0 radical (unpaired) electrons. The molecule has 0 aliphatic carbocycles. The van der Waals surface area contributed by atoms with E-state index in [4.69, 9.17) is 14.2 Å². The van der Waals surface area contributed by atoms with Crippen molar-refractivity contribution >= 4 is 11.8 Å². The van der Waals surface area contributed by atoms with Gasteiger partial charge in [0.25, 0.3) is 11.8 Å². The van der Waals surface area contributed by atoms with Gasteiger partial charge in [-0.05, 0) is 36.4 Å². The number of carbonyl (C=O) groups is 2. The van der Waals surface area contributed by atoms with E-state index in [-0.39, 0.29) is 5.56 Å². The molecule has 2 aromatic rings. The fourth-order valence-corrected chi connectivity index (χ4v) is 1.98. The zero-order valence-electron chi connectivity index (χ0n) is 13.6. The number of hydrazine groups is 1. The van der Waals surface area contributed by atoms with Crippen molar-refractivity contribution in [1.29, 1.82) is 0 Å². The van der Waals surface area contributed by atoms with Crippen LogP contribution in [-0.2, 0) is 0 Å². The summed E-state index contributed by atoms with van der Waals surface area (Å²) >= 11 is 0. The van der Waals surface area contributed by atoms with Crippen LogP contribution in [0.5, 0.6) is 17.2 Å². The van der Waals surface area contributed by atoms with Crippen molar-refractivity contribution < 1.29 is 23.8 Å². The third-order valence-corrected chi connectivity index (χ3v) is 3.30. The molecular weight excluding hydrogens is 312 g/mol. The molecule has 0 atom stereocenters. The van der Waals surface area contributed by atoms with Gasteiger partial charge in [0.2, 0.25) is 0 Å². The van der Waals surface area contributed by atoms with Crippen molar-refractivity contribution in [2.75, 3.05) is 21.3 Å². The maximum Gasteiger partial charge on any atom is 0.273 e. The first-order chi connectivity index (χ1) is 11.6. The van der Waals surface area contributed by atoms with Gasteiger partial charge in [-0.25, -0.2) is 0 Å². The van der Waals surface area contributed by atoms with Crippen LogP contribution >= 0.6 is 0 Å². The van der Waals surface area contributed by atoms with Gasteiger partial charge in [0, 0.05) is 11.6 Å². The van der Waals surface area contributed by atoms with Crippen molar-refractivity contribution in [3.63, 3.8) is 0 Å². The molecule has 24 heavy (non-hydrogen) atoms. The number of hydrogen-bond acceptors (Lipinski definition) is 5. The Morgan fingerprint density at radius 1 is 0.750 bits per heavy atom. The summed E-state index contributed by atoms with van der Waals surface area (Å²) in [4.78, 5) is 24.2. The van der Waals surface area contributed by atoms with Crippen LogP contribution < -0.4 is 25.1 Å². The maximum absolute atomic E-state index is 12.2. The van der Waals surface area contributed by atoms with Crippen molar-refractivity contribution in [2.45, 2.75) is 0 Å². The molecular formula is C17H18N2O5. The Kier molecular flexibility index (Phi) is 5.62.